The van der Waals surface area contributed by atoms with Crippen LogP contribution in [0.15, 0.2) is 18.5 Å². The van der Waals surface area contributed by atoms with Crippen LogP contribution in [-0.4, -0.2) is 24.3 Å². The molecule has 2 rings (SSSR count). The zero-order valence-corrected chi connectivity index (χ0v) is 8.69. The van der Waals surface area contributed by atoms with E-state index in [1.165, 1.54) is 0 Å². The molecule has 0 aromatic carbocycles. The first-order chi connectivity index (χ1) is 7.40. The second-order valence-electron chi connectivity index (χ2n) is 3.62. The van der Waals surface area contributed by atoms with Crippen molar-refractivity contribution in [1.82, 2.24) is 4.98 Å². The van der Waals surface area contributed by atoms with Gasteiger partial charge in [-0.1, -0.05) is 0 Å². The van der Waals surface area contributed by atoms with Crippen LogP contribution in [0.1, 0.15) is 18.4 Å². The van der Waals surface area contributed by atoms with E-state index < -0.39 is 0 Å². The van der Waals surface area contributed by atoms with E-state index in [1.54, 1.807) is 12.4 Å². The normalized spacial score (nSPS) is 17.7. The standard InChI is InChI=1S/C11H16N2O2/c12-7-9-8-13-4-1-11(9)15-10-2-5-14-6-3-10/h1,4,8,10H,2-3,5-7,12H2. The summed E-state index contributed by atoms with van der Waals surface area (Å²) in [6, 6.07) is 1.87. The Morgan fingerprint density at radius 1 is 1.47 bits per heavy atom. The summed E-state index contributed by atoms with van der Waals surface area (Å²) in [5.41, 5.74) is 6.57. The van der Waals surface area contributed by atoms with Crippen molar-refractivity contribution in [3.8, 4) is 5.75 Å². The molecular weight excluding hydrogens is 192 g/mol. The van der Waals surface area contributed by atoms with Crippen LogP contribution in [0.5, 0.6) is 5.75 Å². The van der Waals surface area contributed by atoms with E-state index in [4.69, 9.17) is 15.2 Å². The molecule has 15 heavy (non-hydrogen) atoms. The molecule has 1 aliphatic heterocycles. The van der Waals surface area contributed by atoms with E-state index >= 15 is 0 Å². The van der Waals surface area contributed by atoms with Crippen molar-refractivity contribution < 1.29 is 9.47 Å². The Hall–Kier alpha value is -1.13. The van der Waals surface area contributed by atoms with Crippen LogP contribution in [-0.2, 0) is 11.3 Å². The Kier molecular flexibility index (Phi) is 3.53. The topological polar surface area (TPSA) is 57.4 Å². The van der Waals surface area contributed by atoms with Crippen LogP contribution >= 0.6 is 0 Å². The van der Waals surface area contributed by atoms with Gasteiger partial charge in [0.1, 0.15) is 11.9 Å². The summed E-state index contributed by atoms with van der Waals surface area (Å²) in [6.45, 7) is 2.04. The number of aromatic nitrogens is 1. The molecule has 1 aromatic rings. The molecule has 1 aliphatic rings. The number of pyridine rings is 1. The number of ether oxygens (including phenoxy) is 2. The smallest absolute Gasteiger partial charge is 0.127 e. The third-order valence-electron chi connectivity index (χ3n) is 2.54. The van der Waals surface area contributed by atoms with Crippen molar-refractivity contribution in [3.05, 3.63) is 24.0 Å². The molecule has 1 fully saturated rings. The van der Waals surface area contributed by atoms with E-state index in [1.807, 2.05) is 6.07 Å². The minimum atomic E-state index is 0.256. The SMILES string of the molecule is NCc1cnccc1OC1CCOCC1. The second kappa shape index (κ2) is 5.09. The lowest BCUT2D eigenvalue weighted by Crippen LogP contribution is -2.26. The molecule has 0 aliphatic carbocycles. The first-order valence-corrected chi connectivity index (χ1v) is 5.27. The molecule has 4 heteroatoms. The van der Waals surface area contributed by atoms with Crippen molar-refractivity contribution in [2.45, 2.75) is 25.5 Å². The van der Waals surface area contributed by atoms with Gasteiger partial charge in [-0.25, -0.2) is 0 Å². The average molecular weight is 208 g/mol. The van der Waals surface area contributed by atoms with Gasteiger partial charge < -0.3 is 15.2 Å². The molecule has 0 unspecified atom stereocenters. The zero-order valence-electron chi connectivity index (χ0n) is 8.69. The fraction of sp³-hybridized carbons (Fsp3) is 0.545. The van der Waals surface area contributed by atoms with Crippen molar-refractivity contribution in [3.63, 3.8) is 0 Å². The molecule has 4 nitrogen and oxygen atoms in total. The Labute approximate surface area is 89.4 Å². The highest BCUT2D eigenvalue weighted by Crippen LogP contribution is 2.21. The number of hydrogen-bond donors (Lipinski definition) is 1. The van der Waals surface area contributed by atoms with Gasteiger partial charge in [0, 0.05) is 37.3 Å². The average Bonchev–Trinajstić information content (AvgIpc) is 2.31. The van der Waals surface area contributed by atoms with Gasteiger partial charge in [-0.2, -0.15) is 0 Å². The molecule has 2 heterocycles. The van der Waals surface area contributed by atoms with E-state index in [2.05, 4.69) is 4.98 Å². The van der Waals surface area contributed by atoms with Crippen molar-refractivity contribution in [2.75, 3.05) is 13.2 Å². The maximum atomic E-state index is 5.88. The summed E-state index contributed by atoms with van der Waals surface area (Å²) in [5.74, 6) is 0.861. The lowest BCUT2D eigenvalue weighted by molar-refractivity contribution is 0.0251. The molecule has 1 saturated heterocycles. The highest BCUT2D eigenvalue weighted by molar-refractivity contribution is 5.30. The number of rotatable bonds is 3. The minimum absolute atomic E-state index is 0.256. The maximum absolute atomic E-state index is 5.88. The maximum Gasteiger partial charge on any atom is 0.127 e. The van der Waals surface area contributed by atoms with E-state index in [0.29, 0.717) is 6.54 Å². The molecule has 2 N–H and O–H groups in total. The number of nitrogens with two attached hydrogens (primary N) is 1. The molecule has 0 saturated carbocycles. The van der Waals surface area contributed by atoms with Crippen molar-refractivity contribution in [1.29, 1.82) is 0 Å². The van der Waals surface area contributed by atoms with Gasteiger partial charge in [-0.05, 0) is 6.07 Å². The third kappa shape index (κ3) is 2.67. The van der Waals surface area contributed by atoms with Crippen LogP contribution in [0.2, 0.25) is 0 Å². The van der Waals surface area contributed by atoms with Gasteiger partial charge in [0.25, 0.3) is 0 Å². The zero-order chi connectivity index (χ0) is 10.5. The van der Waals surface area contributed by atoms with Crippen LogP contribution in [0.4, 0.5) is 0 Å². The lowest BCUT2D eigenvalue weighted by Gasteiger charge is -2.24. The first-order valence-electron chi connectivity index (χ1n) is 5.27. The Morgan fingerprint density at radius 3 is 3.00 bits per heavy atom. The molecular formula is C11H16N2O2. The molecule has 0 amide bonds. The van der Waals surface area contributed by atoms with Gasteiger partial charge in [0.05, 0.1) is 13.2 Å². The molecule has 0 radical (unpaired) electrons. The summed E-state index contributed by atoms with van der Waals surface area (Å²) >= 11 is 0. The fourth-order valence-electron chi connectivity index (χ4n) is 1.66. The molecule has 1 aromatic heterocycles. The molecule has 0 spiro atoms. The second-order valence-corrected chi connectivity index (χ2v) is 3.62. The van der Waals surface area contributed by atoms with Gasteiger partial charge in [0.15, 0.2) is 0 Å². The molecule has 0 bridgehead atoms. The Bertz CT molecular complexity index is 311. The Balaban J connectivity index is 2.02. The van der Waals surface area contributed by atoms with Crippen LogP contribution in [0.3, 0.4) is 0 Å². The summed E-state index contributed by atoms with van der Waals surface area (Å²) < 4.78 is 11.2. The summed E-state index contributed by atoms with van der Waals surface area (Å²) in [5, 5.41) is 0. The van der Waals surface area contributed by atoms with Crippen molar-refractivity contribution in [2.24, 2.45) is 5.73 Å². The van der Waals surface area contributed by atoms with Gasteiger partial charge >= 0.3 is 0 Å². The van der Waals surface area contributed by atoms with E-state index in [0.717, 1.165) is 37.4 Å². The fourth-order valence-corrected chi connectivity index (χ4v) is 1.66. The predicted octanol–water partition coefficient (Wildman–Crippen LogP) is 1.10. The van der Waals surface area contributed by atoms with Gasteiger partial charge in [0.2, 0.25) is 0 Å². The Morgan fingerprint density at radius 2 is 2.27 bits per heavy atom. The van der Waals surface area contributed by atoms with Crippen LogP contribution in [0.25, 0.3) is 0 Å². The lowest BCUT2D eigenvalue weighted by atomic mass is 10.1. The first kappa shape index (κ1) is 10.4. The van der Waals surface area contributed by atoms with Crippen molar-refractivity contribution >= 4 is 0 Å². The largest absolute Gasteiger partial charge is 0.490 e. The molecule has 0 atom stereocenters. The highest BCUT2D eigenvalue weighted by atomic mass is 16.5. The quantitative estimate of drug-likeness (QED) is 0.808. The van der Waals surface area contributed by atoms with Gasteiger partial charge in [-0.3, -0.25) is 4.98 Å². The van der Waals surface area contributed by atoms with Gasteiger partial charge in [-0.15, -0.1) is 0 Å². The predicted molar refractivity (Wildman–Crippen MR) is 56.6 cm³/mol. The summed E-state index contributed by atoms with van der Waals surface area (Å²) in [6.07, 6.45) is 5.65. The van der Waals surface area contributed by atoms with E-state index in [9.17, 15) is 0 Å². The third-order valence-corrected chi connectivity index (χ3v) is 2.54. The number of nitrogens with zero attached hydrogens (tertiary/aromatic N) is 1. The number of hydrogen-bond acceptors (Lipinski definition) is 4. The molecule has 82 valence electrons. The van der Waals surface area contributed by atoms with Crippen LogP contribution < -0.4 is 10.5 Å². The monoisotopic (exact) mass is 208 g/mol. The van der Waals surface area contributed by atoms with E-state index in [-0.39, 0.29) is 6.10 Å². The minimum Gasteiger partial charge on any atom is -0.490 e. The summed E-state index contributed by atoms with van der Waals surface area (Å²) in [4.78, 5) is 4.02. The van der Waals surface area contributed by atoms with Crippen LogP contribution in [0, 0.1) is 0 Å². The summed E-state index contributed by atoms with van der Waals surface area (Å²) in [7, 11) is 0. The highest BCUT2D eigenvalue weighted by Gasteiger charge is 2.16.